The molecule has 3 nitrogen and oxygen atoms in total. The van der Waals surface area contributed by atoms with Crippen LogP contribution >= 0.6 is 0 Å². The molecule has 0 aromatic heterocycles. The van der Waals surface area contributed by atoms with Crippen molar-refractivity contribution in [2.75, 3.05) is 24.2 Å². The molecule has 1 aromatic rings. The number of hydrogen-bond acceptors (Lipinski definition) is 3. The van der Waals surface area contributed by atoms with Crippen LogP contribution in [-0.4, -0.2) is 13.6 Å². The second-order valence-corrected chi connectivity index (χ2v) is 3.60. The number of nitriles is 1. The standard InChI is InChI=1S/C11H12F3N3/c1-17(6-2-5-15)8-3-4-10(16)9(7-8)11(12,13)14/h3-4,7H,2,6,16H2,1H3. The average Bonchev–Trinajstić information content (AvgIpc) is 2.25. The molecule has 17 heavy (non-hydrogen) atoms. The lowest BCUT2D eigenvalue weighted by Crippen LogP contribution is -2.19. The maximum atomic E-state index is 12.6. The van der Waals surface area contributed by atoms with Gasteiger partial charge in [-0.2, -0.15) is 18.4 Å². The van der Waals surface area contributed by atoms with Crippen LogP contribution in [-0.2, 0) is 6.18 Å². The lowest BCUT2D eigenvalue weighted by Gasteiger charge is -2.20. The first kappa shape index (κ1) is 13.2. The van der Waals surface area contributed by atoms with Crippen LogP contribution in [0.25, 0.3) is 0 Å². The van der Waals surface area contributed by atoms with Gasteiger partial charge < -0.3 is 10.6 Å². The fraction of sp³-hybridized carbons (Fsp3) is 0.364. The summed E-state index contributed by atoms with van der Waals surface area (Å²) < 4.78 is 37.8. The van der Waals surface area contributed by atoms with Gasteiger partial charge in [-0.1, -0.05) is 0 Å². The molecule has 0 spiro atoms. The van der Waals surface area contributed by atoms with E-state index in [0.717, 1.165) is 6.07 Å². The van der Waals surface area contributed by atoms with E-state index >= 15 is 0 Å². The third kappa shape index (κ3) is 3.28. The fourth-order valence-corrected chi connectivity index (χ4v) is 1.37. The number of nitrogens with zero attached hydrogens (tertiary/aromatic N) is 2. The monoisotopic (exact) mass is 243 g/mol. The molecule has 0 atom stereocenters. The van der Waals surface area contributed by atoms with Crippen molar-refractivity contribution in [2.24, 2.45) is 0 Å². The zero-order valence-electron chi connectivity index (χ0n) is 9.25. The number of anilines is 2. The van der Waals surface area contributed by atoms with E-state index in [0.29, 0.717) is 12.2 Å². The highest BCUT2D eigenvalue weighted by Crippen LogP contribution is 2.35. The van der Waals surface area contributed by atoms with Crippen LogP contribution in [0.1, 0.15) is 12.0 Å². The average molecular weight is 243 g/mol. The van der Waals surface area contributed by atoms with Crippen molar-refractivity contribution in [2.45, 2.75) is 12.6 Å². The third-order valence-electron chi connectivity index (χ3n) is 2.34. The Labute approximate surface area is 97.2 Å². The van der Waals surface area contributed by atoms with Gasteiger partial charge >= 0.3 is 6.18 Å². The Morgan fingerprint density at radius 3 is 2.59 bits per heavy atom. The van der Waals surface area contributed by atoms with Crippen LogP contribution in [0.15, 0.2) is 18.2 Å². The van der Waals surface area contributed by atoms with Gasteiger partial charge in [-0.15, -0.1) is 0 Å². The SMILES string of the molecule is CN(CCC#N)c1ccc(N)c(C(F)(F)F)c1. The first-order valence-electron chi connectivity index (χ1n) is 4.91. The van der Waals surface area contributed by atoms with Crippen molar-refractivity contribution < 1.29 is 13.2 Å². The van der Waals surface area contributed by atoms with E-state index in [2.05, 4.69) is 0 Å². The Bertz CT molecular complexity index is 435. The molecule has 0 unspecified atom stereocenters. The van der Waals surface area contributed by atoms with Crippen LogP contribution in [0.2, 0.25) is 0 Å². The molecule has 0 aliphatic heterocycles. The molecule has 0 radical (unpaired) electrons. The molecule has 0 saturated carbocycles. The van der Waals surface area contributed by atoms with Gasteiger partial charge in [0.1, 0.15) is 0 Å². The van der Waals surface area contributed by atoms with E-state index in [1.165, 1.54) is 12.1 Å². The van der Waals surface area contributed by atoms with Gasteiger partial charge in [0.05, 0.1) is 18.1 Å². The Kier molecular flexibility index (Phi) is 3.84. The maximum absolute atomic E-state index is 12.6. The normalized spacial score (nSPS) is 11.0. The van der Waals surface area contributed by atoms with Gasteiger partial charge in [-0.25, -0.2) is 0 Å². The summed E-state index contributed by atoms with van der Waals surface area (Å²) in [4.78, 5) is 1.58. The topological polar surface area (TPSA) is 53.0 Å². The van der Waals surface area contributed by atoms with Crippen molar-refractivity contribution in [3.63, 3.8) is 0 Å². The number of benzene rings is 1. The lowest BCUT2D eigenvalue weighted by atomic mass is 10.1. The van der Waals surface area contributed by atoms with Crippen LogP contribution in [0.5, 0.6) is 0 Å². The number of hydrogen-bond donors (Lipinski definition) is 1. The fourth-order valence-electron chi connectivity index (χ4n) is 1.37. The van der Waals surface area contributed by atoms with Gasteiger partial charge in [0, 0.05) is 25.0 Å². The van der Waals surface area contributed by atoms with Crippen molar-refractivity contribution in [3.8, 4) is 6.07 Å². The van der Waals surface area contributed by atoms with Crippen LogP contribution in [0.4, 0.5) is 24.5 Å². The predicted molar refractivity (Wildman–Crippen MR) is 59.4 cm³/mol. The minimum absolute atomic E-state index is 0.252. The molecular weight excluding hydrogens is 231 g/mol. The summed E-state index contributed by atoms with van der Waals surface area (Å²) in [6.07, 6.45) is -4.21. The van der Waals surface area contributed by atoms with E-state index in [-0.39, 0.29) is 12.1 Å². The summed E-state index contributed by atoms with van der Waals surface area (Å²) >= 11 is 0. The summed E-state index contributed by atoms with van der Waals surface area (Å²) in [6, 6.07) is 5.65. The number of halogens is 3. The van der Waals surface area contributed by atoms with Crippen molar-refractivity contribution in [1.82, 2.24) is 0 Å². The van der Waals surface area contributed by atoms with E-state index < -0.39 is 11.7 Å². The van der Waals surface area contributed by atoms with Gasteiger partial charge in [0.2, 0.25) is 0 Å². The second-order valence-electron chi connectivity index (χ2n) is 3.60. The summed E-state index contributed by atoms with van der Waals surface area (Å²) in [7, 11) is 1.63. The summed E-state index contributed by atoms with van der Waals surface area (Å²) in [5.41, 5.74) is 4.53. The molecular formula is C11H12F3N3. The zero-order valence-corrected chi connectivity index (χ0v) is 9.25. The molecule has 0 aliphatic rings. The number of alkyl halides is 3. The van der Waals surface area contributed by atoms with E-state index in [1.54, 1.807) is 11.9 Å². The lowest BCUT2D eigenvalue weighted by molar-refractivity contribution is -0.136. The predicted octanol–water partition coefficient (Wildman–Crippen LogP) is 2.64. The third-order valence-corrected chi connectivity index (χ3v) is 2.34. The summed E-state index contributed by atoms with van der Waals surface area (Å²) in [5.74, 6) is 0. The second kappa shape index (κ2) is 4.95. The Morgan fingerprint density at radius 2 is 2.06 bits per heavy atom. The molecule has 0 fully saturated rings. The molecule has 0 amide bonds. The van der Waals surface area contributed by atoms with E-state index in [4.69, 9.17) is 11.0 Å². The van der Waals surface area contributed by atoms with Crippen molar-refractivity contribution in [1.29, 1.82) is 5.26 Å². The quantitative estimate of drug-likeness (QED) is 0.830. The van der Waals surface area contributed by atoms with Crippen LogP contribution < -0.4 is 10.6 Å². The highest BCUT2D eigenvalue weighted by molar-refractivity contribution is 5.59. The van der Waals surface area contributed by atoms with Crippen molar-refractivity contribution >= 4 is 11.4 Å². The molecule has 0 saturated heterocycles. The molecule has 92 valence electrons. The first-order chi connectivity index (χ1) is 7.86. The minimum atomic E-state index is -4.46. The Hall–Kier alpha value is -1.90. The molecule has 1 rings (SSSR count). The van der Waals surface area contributed by atoms with E-state index in [1.807, 2.05) is 6.07 Å². The van der Waals surface area contributed by atoms with Gasteiger partial charge in [0.15, 0.2) is 0 Å². The number of rotatable bonds is 3. The maximum Gasteiger partial charge on any atom is 0.418 e. The highest BCUT2D eigenvalue weighted by atomic mass is 19.4. The largest absolute Gasteiger partial charge is 0.418 e. The molecule has 1 aromatic carbocycles. The summed E-state index contributed by atoms with van der Waals surface area (Å²) in [5, 5.41) is 8.41. The molecule has 0 heterocycles. The van der Waals surface area contributed by atoms with Gasteiger partial charge in [-0.3, -0.25) is 0 Å². The van der Waals surface area contributed by atoms with Gasteiger partial charge in [-0.05, 0) is 18.2 Å². The van der Waals surface area contributed by atoms with Gasteiger partial charge in [0.25, 0.3) is 0 Å². The Morgan fingerprint density at radius 1 is 1.41 bits per heavy atom. The Balaban J connectivity index is 3.01. The zero-order chi connectivity index (χ0) is 13.1. The molecule has 0 bridgehead atoms. The van der Waals surface area contributed by atoms with E-state index in [9.17, 15) is 13.2 Å². The number of nitrogen functional groups attached to an aromatic ring is 1. The first-order valence-corrected chi connectivity index (χ1v) is 4.91. The summed E-state index contributed by atoms with van der Waals surface area (Å²) in [6.45, 7) is 0.373. The number of nitrogens with two attached hydrogens (primary N) is 1. The highest BCUT2D eigenvalue weighted by Gasteiger charge is 2.33. The molecule has 0 aliphatic carbocycles. The molecule has 2 N–H and O–H groups in total. The molecule has 6 heteroatoms. The van der Waals surface area contributed by atoms with Crippen LogP contribution in [0, 0.1) is 11.3 Å². The van der Waals surface area contributed by atoms with Crippen LogP contribution in [0.3, 0.4) is 0 Å². The smallest absolute Gasteiger partial charge is 0.398 e. The van der Waals surface area contributed by atoms with Crippen molar-refractivity contribution in [3.05, 3.63) is 23.8 Å². The minimum Gasteiger partial charge on any atom is -0.398 e.